The molecule has 3 heteroatoms. The third-order valence-electron chi connectivity index (χ3n) is 2.84. The molecule has 1 heterocycles. The average molecular weight is 237 g/mol. The molecule has 2 rings (SSSR count). The van der Waals surface area contributed by atoms with E-state index in [1.807, 2.05) is 56.1 Å². The van der Waals surface area contributed by atoms with Gasteiger partial charge in [-0.2, -0.15) is 5.26 Å². The van der Waals surface area contributed by atoms with Crippen LogP contribution in [0.15, 0.2) is 36.4 Å². The van der Waals surface area contributed by atoms with Crippen LogP contribution >= 0.6 is 0 Å². The van der Waals surface area contributed by atoms with E-state index in [-0.39, 0.29) is 0 Å². The molecule has 0 radical (unpaired) electrons. The molecule has 3 nitrogen and oxygen atoms in total. The van der Waals surface area contributed by atoms with Crippen molar-refractivity contribution in [1.82, 2.24) is 4.98 Å². The van der Waals surface area contributed by atoms with Crippen molar-refractivity contribution in [2.24, 2.45) is 0 Å². The zero-order chi connectivity index (χ0) is 13.1. The van der Waals surface area contributed by atoms with Gasteiger partial charge in [-0.05, 0) is 43.7 Å². The van der Waals surface area contributed by atoms with Gasteiger partial charge in [-0.25, -0.2) is 4.98 Å². The van der Waals surface area contributed by atoms with Gasteiger partial charge in [0.2, 0.25) is 0 Å². The van der Waals surface area contributed by atoms with E-state index in [1.54, 1.807) is 0 Å². The van der Waals surface area contributed by atoms with Crippen LogP contribution < -0.4 is 4.90 Å². The van der Waals surface area contributed by atoms with E-state index >= 15 is 0 Å². The standard InChI is InChI=1S/C15H15N3/c1-11-5-4-6-14(9-11)18(3)15-13(10-16)8-7-12(2)17-15/h4-9H,1-3H3. The van der Waals surface area contributed by atoms with Crippen molar-refractivity contribution in [3.05, 3.63) is 53.2 Å². The fourth-order valence-electron chi connectivity index (χ4n) is 1.84. The summed E-state index contributed by atoms with van der Waals surface area (Å²) in [7, 11) is 1.93. The SMILES string of the molecule is Cc1cccc(N(C)c2nc(C)ccc2C#N)c1. The first-order chi connectivity index (χ1) is 8.61. The quantitative estimate of drug-likeness (QED) is 0.804. The number of hydrogen-bond acceptors (Lipinski definition) is 3. The molecular weight excluding hydrogens is 222 g/mol. The number of benzene rings is 1. The van der Waals surface area contributed by atoms with E-state index < -0.39 is 0 Å². The third kappa shape index (κ3) is 2.33. The Kier molecular flexibility index (Phi) is 3.29. The monoisotopic (exact) mass is 237 g/mol. The largest absolute Gasteiger partial charge is 0.328 e. The average Bonchev–Trinajstić information content (AvgIpc) is 2.38. The maximum Gasteiger partial charge on any atom is 0.150 e. The Morgan fingerprint density at radius 2 is 1.94 bits per heavy atom. The molecule has 0 fully saturated rings. The van der Waals surface area contributed by atoms with Crippen LogP contribution in [-0.4, -0.2) is 12.0 Å². The lowest BCUT2D eigenvalue weighted by molar-refractivity contribution is 1.08. The lowest BCUT2D eigenvalue weighted by Crippen LogP contribution is -2.13. The number of aryl methyl sites for hydroxylation is 2. The minimum Gasteiger partial charge on any atom is -0.328 e. The highest BCUT2D eigenvalue weighted by atomic mass is 15.2. The smallest absolute Gasteiger partial charge is 0.150 e. The van der Waals surface area contributed by atoms with E-state index in [0.29, 0.717) is 11.4 Å². The fraction of sp³-hybridized carbons (Fsp3) is 0.200. The second-order valence-corrected chi connectivity index (χ2v) is 4.33. The zero-order valence-corrected chi connectivity index (χ0v) is 10.8. The van der Waals surface area contributed by atoms with Gasteiger partial charge in [0.1, 0.15) is 6.07 Å². The van der Waals surface area contributed by atoms with Crippen molar-refractivity contribution in [2.45, 2.75) is 13.8 Å². The number of pyridine rings is 1. The van der Waals surface area contributed by atoms with Crippen molar-refractivity contribution in [3.8, 4) is 6.07 Å². The van der Waals surface area contributed by atoms with Gasteiger partial charge in [-0.15, -0.1) is 0 Å². The second-order valence-electron chi connectivity index (χ2n) is 4.33. The Labute approximate surface area is 107 Å². The van der Waals surface area contributed by atoms with Crippen LogP contribution in [0.3, 0.4) is 0 Å². The van der Waals surface area contributed by atoms with Gasteiger partial charge in [0.15, 0.2) is 5.82 Å². The molecule has 0 bridgehead atoms. The summed E-state index contributed by atoms with van der Waals surface area (Å²) in [4.78, 5) is 6.40. The van der Waals surface area contributed by atoms with E-state index in [0.717, 1.165) is 11.4 Å². The van der Waals surface area contributed by atoms with Crippen LogP contribution in [0.4, 0.5) is 11.5 Å². The molecular formula is C15H15N3. The first-order valence-electron chi connectivity index (χ1n) is 5.80. The number of aromatic nitrogens is 1. The van der Waals surface area contributed by atoms with E-state index in [9.17, 15) is 0 Å². The van der Waals surface area contributed by atoms with Crippen LogP contribution in [0.1, 0.15) is 16.8 Å². The molecule has 0 spiro atoms. The molecule has 1 aromatic heterocycles. The summed E-state index contributed by atoms with van der Waals surface area (Å²) in [5, 5.41) is 9.14. The topological polar surface area (TPSA) is 39.9 Å². The Bertz CT molecular complexity index is 611. The van der Waals surface area contributed by atoms with Gasteiger partial charge in [0.05, 0.1) is 5.56 Å². The van der Waals surface area contributed by atoms with Gasteiger partial charge in [0, 0.05) is 18.4 Å². The Balaban J connectivity index is 2.49. The fourth-order valence-corrected chi connectivity index (χ4v) is 1.84. The first kappa shape index (κ1) is 12.1. The highest BCUT2D eigenvalue weighted by Gasteiger charge is 2.11. The molecule has 0 amide bonds. The number of hydrogen-bond donors (Lipinski definition) is 0. The number of nitriles is 1. The summed E-state index contributed by atoms with van der Waals surface area (Å²) in [6, 6.07) is 14.0. The van der Waals surface area contributed by atoms with E-state index in [2.05, 4.69) is 17.1 Å². The predicted molar refractivity (Wildman–Crippen MR) is 72.9 cm³/mol. The number of nitrogens with zero attached hydrogens (tertiary/aromatic N) is 3. The minimum absolute atomic E-state index is 0.588. The summed E-state index contributed by atoms with van der Waals surface area (Å²) in [6.45, 7) is 3.97. The summed E-state index contributed by atoms with van der Waals surface area (Å²) >= 11 is 0. The first-order valence-corrected chi connectivity index (χ1v) is 5.80. The van der Waals surface area contributed by atoms with Crippen molar-refractivity contribution in [2.75, 3.05) is 11.9 Å². The summed E-state index contributed by atoms with van der Waals surface area (Å²) in [5.74, 6) is 0.697. The molecule has 0 N–H and O–H groups in total. The lowest BCUT2D eigenvalue weighted by atomic mass is 10.2. The molecule has 0 saturated heterocycles. The molecule has 0 aliphatic heterocycles. The second kappa shape index (κ2) is 4.89. The Hall–Kier alpha value is -2.34. The van der Waals surface area contributed by atoms with E-state index in [1.165, 1.54) is 5.56 Å². The van der Waals surface area contributed by atoms with Gasteiger partial charge in [-0.1, -0.05) is 12.1 Å². The maximum atomic E-state index is 9.14. The molecule has 0 saturated carbocycles. The van der Waals surface area contributed by atoms with Crippen LogP contribution in [-0.2, 0) is 0 Å². The normalized spacial score (nSPS) is 9.89. The van der Waals surface area contributed by atoms with Crippen LogP contribution in [0.2, 0.25) is 0 Å². The van der Waals surface area contributed by atoms with Crippen LogP contribution in [0.5, 0.6) is 0 Å². The highest BCUT2D eigenvalue weighted by Crippen LogP contribution is 2.25. The van der Waals surface area contributed by atoms with E-state index in [4.69, 9.17) is 5.26 Å². The third-order valence-corrected chi connectivity index (χ3v) is 2.84. The van der Waals surface area contributed by atoms with Gasteiger partial charge >= 0.3 is 0 Å². The lowest BCUT2D eigenvalue weighted by Gasteiger charge is -2.20. The number of rotatable bonds is 2. The molecule has 1 aromatic carbocycles. The predicted octanol–water partition coefficient (Wildman–Crippen LogP) is 3.34. The van der Waals surface area contributed by atoms with Crippen LogP contribution in [0, 0.1) is 25.2 Å². The summed E-state index contributed by atoms with van der Waals surface area (Å²) in [6.07, 6.45) is 0. The molecule has 2 aromatic rings. The zero-order valence-electron chi connectivity index (χ0n) is 10.8. The Morgan fingerprint density at radius 3 is 2.61 bits per heavy atom. The van der Waals surface area contributed by atoms with Gasteiger partial charge in [-0.3, -0.25) is 0 Å². The van der Waals surface area contributed by atoms with Gasteiger partial charge in [0.25, 0.3) is 0 Å². The van der Waals surface area contributed by atoms with Crippen molar-refractivity contribution >= 4 is 11.5 Å². The summed E-state index contributed by atoms with van der Waals surface area (Å²) in [5.41, 5.74) is 3.71. The Morgan fingerprint density at radius 1 is 1.17 bits per heavy atom. The minimum atomic E-state index is 0.588. The molecule has 0 unspecified atom stereocenters. The van der Waals surface area contributed by atoms with Crippen molar-refractivity contribution in [3.63, 3.8) is 0 Å². The molecule has 18 heavy (non-hydrogen) atoms. The van der Waals surface area contributed by atoms with Crippen LogP contribution in [0.25, 0.3) is 0 Å². The molecule has 90 valence electrons. The van der Waals surface area contributed by atoms with Crippen molar-refractivity contribution < 1.29 is 0 Å². The molecule has 0 aliphatic carbocycles. The highest BCUT2D eigenvalue weighted by molar-refractivity contribution is 5.65. The maximum absolute atomic E-state index is 9.14. The number of anilines is 2. The van der Waals surface area contributed by atoms with Gasteiger partial charge < -0.3 is 4.90 Å². The summed E-state index contributed by atoms with van der Waals surface area (Å²) < 4.78 is 0. The molecule has 0 aliphatic rings. The molecule has 0 atom stereocenters. The van der Waals surface area contributed by atoms with Crippen molar-refractivity contribution in [1.29, 1.82) is 5.26 Å².